The second-order valence-corrected chi connectivity index (χ2v) is 6.92. The van der Waals surface area contributed by atoms with Crippen LogP contribution in [-0.4, -0.2) is 37.2 Å². The normalized spacial score (nSPS) is 13.9. The Morgan fingerprint density at radius 2 is 1.82 bits per heavy atom. The fraction of sp³-hybridized carbons (Fsp3) is 0.261. The van der Waals surface area contributed by atoms with Gasteiger partial charge in [-0.2, -0.15) is 0 Å². The lowest BCUT2D eigenvalue weighted by atomic mass is 10.1. The maximum Gasteiger partial charge on any atom is 0.161 e. The number of fused-ring (bicyclic) bond motifs is 1. The van der Waals surface area contributed by atoms with Gasteiger partial charge in [0.1, 0.15) is 0 Å². The van der Waals surface area contributed by atoms with Gasteiger partial charge in [0.25, 0.3) is 0 Å². The Bertz CT molecular complexity index is 944. The molecule has 4 rings (SSSR count). The van der Waals surface area contributed by atoms with E-state index in [2.05, 4.69) is 46.6 Å². The lowest BCUT2D eigenvalue weighted by Gasteiger charge is -2.19. The lowest BCUT2D eigenvalue weighted by Crippen LogP contribution is -2.25. The van der Waals surface area contributed by atoms with Crippen molar-refractivity contribution in [3.05, 3.63) is 71.9 Å². The van der Waals surface area contributed by atoms with Crippen molar-refractivity contribution < 1.29 is 9.47 Å². The summed E-state index contributed by atoms with van der Waals surface area (Å²) in [6.45, 7) is 3.74. The fourth-order valence-electron chi connectivity index (χ4n) is 3.57. The van der Waals surface area contributed by atoms with Gasteiger partial charge in [-0.3, -0.25) is 9.88 Å². The van der Waals surface area contributed by atoms with Crippen LogP contribution < -0.4 is 14.8 Å². The van der Waals surface area contributed by atoms with E-state index in [4.69, 9.17) is 14.5 Å². The van der Waals surface area contributed by atoms with Crippen LogP contribution >= 0.6 is 0 Å². The Hall–Kier alpha value is -3.05. The van der Waals surface area contributed by atoms with Crippen LogP contribution in [0.25, 0.3) is 11.3 Å². The summed E-state index contributed by atoms with van der Waals surface area (Å²) >= 11 is 0. The van der Waals surface area contributed by atoms with Crippen LogP contribution in [0.4, 0.5) is 5.69 Å². The van der Waals surface area contributed by atoms with E-state index in [1.165, 1.54) is 11.1 Å². The fourth-order valence-corrected chi connectivity index (χ4v) is 3.57. The Morgan fingerprint density at radius 3 is 2.61 bits per heavy atom. The van der Waals surface area contributed by atoms with E-state index in [1.807, 2.05) is 24.4 Å². The van der Waals surface area contributed by atoms with Gasteiger partial charge in [0, 0.05) is 49.2 Å². The van der Waals surface area contributed by atoms with Crippen molar-refractivity contribution in [3.63, 3.8) is 0 Å². The Labute approximate surface area is 165 Å². The summed E-state index contributed by atoms with van der Waals surface area (Å²) in [6, 6.07) is 18.6. The average Bonchev–Trinajstić information content (AvgIpc) is 2.95. The molecule has 0 spiro atoms. The van der Waals surface area contributed by atoms with Gasteiger partial charge in [-0.25, -0.2) is 0 Å². The van der Waals surface area contributed by atoms with Crippen LogP contribution in [-0.2, 0) is 13.1 Å². The highest BCUT2D eigenvalue weighted by Gasteiger charge is 2.16. The van der Waals surface area contributed by atoms with Gasteiger partial charge in [-0.15, -0.1) is 0 Å². The van der Waals surface area contributed by atoms with Gasteiger partial charge >= 0.3 is 0 Å². The van der Waals surface area contributed by atoms with Gasteiger partial charge in [0.05, 0.1) is 19.9 Å². The van der Waals surface area contributed by atoms with Crippen molar-refractivity contribution >= 4 is 5.69 Å². The molecule has 2 aromatic carbocycles. The highest BCUT2D eigenvalue weighted by molar-refractivity contribution is 5.69. The minimum Gasteiger partial charge on any atom is -0.493 e. The van der Waals surface area contributed by atoms with E-state index in [9.17, 15) is 0 Å². The van der Waals surface area contributed by atoms with Gasteiger partial charge in [-0.1, -0.05) is 30.3 Å². The molecule has 2 heterocycles. The molecule has 0 atom stereocenters. The Kier molecular flexibility index (Phi) is 5.44. The third-order valence-electron chi connectivity index (χ3n) is 5.05. The molecule has 5 nitrogen and oxygen atoms in total. The number of pyridine rings is 1. The summed E-state index contributed by atoms with van der Waals surface area (Å²) < 4.78 is 10.8. The van der Waals surface area contributed by atoms with Gasteiger partial charge in [-0.05, 0) is 29.8 Å². The highest BCUT2D eigenvalue weighted by Crippen LogP contribution is 2.33. The molecule has 5 heteroatoms. The molecule has 0 amide bonds. The molecule has 3 aromatic rings. The molecule has 28 heavy (non-hydrogen) atoms. The summed E-state index contributed by atoms with van der Waals surface area (Å²) in [7, 11) is 3.29. The van der Waals surface area contributed by atoms with E-state index in [1.54, 1.807) is 14.2 Å². The molecule has 0 saturated carbocycles. The molecule has 1 N–H and O–H groups in total. The van der Waals surface area contributed by atoms with Crippen LogP contribution in [0.3, 0.4) is 0 Å². The van der Waals surface area contributed by atoms with E-state index in [0.717, 1.165) is 48.9 Å². The number of ether oxygens (including phenoxy) is 2. The first-order valence-corrected chi connectivity index (χ1v) is 9.48. The van der Waals surface area contributed by atoms with E-state index < -0.39 is 0 Å². The Balaban J connectivity index is 1.57. The number of methoxy groups -OCH3 is 2. The van der Waals surface area contributed by atoms with Crippen LogP contribution in [0.1, 0.15) is 11.1 Å². The zero-order valence-corrected chi connectivity index (χ0v) is 16.3. The largest absolute Gasteiger partial charge is 0.493 e. The van der Waals surface area contributed by atoms with Crippen molar-refractivity contribution in [1.29, 1.82) is 0 Å². The first-order valence-electron chi connectivity index (χ1n) is 9.48. The lowest BCUT2D eigenvalue weighted by molar-refractivity contribution is 0.271. The van der Waals surface area contributed by atoms with Crippen molar-refractivity contribution in [3.8, 4) is 22.8 Å². The van der Waals surface area contributed by atoms with Crippen LogP contribution in [0.15, 0.2) is 60.8 Å². The molecule has 0 fully saturated rings. The minimum atomic E-state index is 0.707. The predicted molar refractivity (Wildman–Crippen MR) is 112 cm³/mol. The number of anilines is 1. The first kappa shape index (κ1) is 18.3. The molecule has 1 aliphatic rings. The summed E-state index contributed by atoms with van der Waals surface area (Å²) in [5.41, 5.74) is 5.63. The molecular weight excluding hydrogens is 350 g/mol. The van der Waals surface area contributed by atoms with Gasteiger partial charge in [0.15, 0.2) is 11.5 Å². The summed E-state index contributed by atoms with van der Waals surface area (Å²) in [5.74, 6) is 1.43. The molecule has 1 aromatic heterocycles. The number of benzene rings is 2. The quantitative estimate of drug-likeness (QED) is 0.724. The van der Waals surface area contributed by atoms with E-state index >= 15 is 0 Å². The van der Waals surface area contributed by atoms with Gasteiger partial charge in [0.2, 0.25) is 0 Å². The smallest absolute Gasteiger partial charge is 0.161 e. The van der Waals surface area contributed by atoms with Crippen molar-refractivity contribution in [1.82, 2.24) is 9.88 Å². The zero-order chi connectivity index (χ0) is 19.3. The van der Waals surface area contributed by atoms with E-state index in [0.29, 0.717) is 5.75 Å². The zero-order valence-electron chi connectivity index (χ0n) is 16.3. The number of nitrogens with one attached hydrogen (secondary N) is 1. The van der Waals surface area contributed by atoms with Crippen molar-refractivity contribution in [2.45, 2.75) is 13.1 Å². The standard InChI is InChI=1S/C23H25N3O2/c1-27-22-9-8-18(12-23(22)28-2)20-13-21-19(14-25-20)16-26(11-10-24-21)15-17-6-4-3-5-7-17/h3-9,12-14,24H,10-11,15-16H2,1-2H3. The summed E-state index contributed by atoms with van der Waals surface area (Å²) in [5, 5.41) is 3.56. The van der Waals surface area contributed by atoms with Crippen LogP contribution in [0.2, 0.25) is 0 Å². The van der Waals surface area contributed by atoms with Crippen LogP contribution in [0, 0.1) is 0 Å². The summed E-state index contributed by atoms with van der Waals surface area (Å²) in [4.78, 5) is 7.16. The number of rotatable bonds is 5. The maximum absolute atomic E-state index is 5.43. The number of hydrogen-bond acceptors (Lipinski definition) is 5. The number of hydrogen-bond donors (Lipinski definition) is 1. The number of nitrogens with zero attached hydrogens (tertiary/aromatic N) is 2. The Morgan fingerprint density at radius 1 is 1.00 bits per heavy atom. The highest BCUT2D eigenvalue weighted by atomic mass is 16.5. The third kappa shape index (κ3) is 3.94. The second kappa shape index (κ2) is 8.31. The first-order chi connectivity index (χ1) is 13.8. The van der Waals surface area contributed by atoms with Crippen molar-refractivity contribution in [2.75, 3.05) is 32.6 Å². The average molecular weight is 375 g/mol. The maximum atomic E-state index is 5.43. The number of aromatic nitrogens is 1. The molecule has 0 radical (unpaired) electrons. The molecule has 0 saturated heterocycles. The van der Waals surface area contributed by atoms with Gasteiger partial charge < -0.3 is 14.8 Å². The summed E-state index contributed by atoms with van der Waals surface area (Å²) in [6.07, 6.45) is 1.98. The molecule has 0 bridgehead atoms. The monoisotopic (exact) mass is 375 g/mol. The topological polar surface area (TPSA) is 46.6 Å². The third-order valence-corrected chi connectivity index (χ3v) is 5.05. The SMILES string of the molecule is COc1ccc(-c2cc3c(cn2)CN(Cc2ccccc2)CCN3)cc1OC. The molecular formula is C23H25N3O2. The molecule has 144 valence electrons. The molecule has 0 aliphatic carbocycles. The molecule has 0 unspecified atom stereocenters. The van der Waals surface area contributed by atoms with Crippen LogP contribution in [0.5, 0.6) is 11.5 Å². The molecule has 1 aliphatic heterocycles. The predicted octanol–water partition coefficient (Wildman–Crippen LogP) is 4.19. The van der Waals surface area contributed by atoms with Crippen molar-refractivity contribution in [2.24, 2.45) is 0 Å². The minimum absolute atomic E-state index is 0.707. The second-order valence-electron chi connectivity index (χ2n) is 6.92. The van der Waals surface area contributed by atoms with E-state index in [-0.39, 0.29) is 0 Å².